The van der Waals surface area contributed by atoms with E-state index in [4.69, 9.17) is 4.74 Å². The van der Waals surface area contributed by atoms with Gasteiger partial charge in [0.1, 0.15) is 0 Å². The highest BCUT2D eigenvalue weighted by Gasteiger charge is 1.99. The zero-order chi connectivity index (χ0) is 9.84. The summed E-state index contributed by atoms with van der Waals surface area (Å²) >= 11 is 0. The Hall–Kier alpha value is -1.36. The molecule has 5 nitrogen and oxygen atoms in total. The summed E-state index contributed by atoms with van der Waals surface area (Å²) in [5.74, 6) is 0. The van der Waals surface area contributed by atoms with Crippen LogP contribution >= 0.6 is 0 Å². The number of rotatable bonds is 3. The molecule has 0 radical (unpaired) electrons. The van der Waals surface area contributed by atoms with Gasteiger partial charge in [0, 0.05) is 18.9 Å². The second-order valence-electron chi connectivity index (χ2n) is 2.76. The average Bonchev–Trinajstić information content (AvgIpc) is 2.09. The molecule has 0 amide bonds. The standard InChI is InChI=1S/C8H12N2O3/c1-6-5-10(3-4-13-2)8(12)9-7(6)11/h5H,3-4H2,1-2H3,(H,9,11,12). The van der Waals surface area contributed by atoms with Crippen LogP contribution in [0.15, 0.2) is 15.8 Å². The van der Waals surface area contributed by atoms with Crippen molar-refractivity contribution in [3.8, 4) is 0 Å². The van der Waals surface area contributed by atoms with Gasteiger partial charge in [-0.15, -0.1) is 0 Å². The fourth-order valence-corrected chi connectivity index (χ4v) is 0.974. The molecule has 1 heterocycles. The summed E-state index contributed by atoms with van der Waals surface area (Å²) in [7, 11) is 1.56. The lowest BCUT2D eigenvalue weighted by Gasteiger charge is -2.03. The number of hydrogen-bond donors (Lipinski definition) is 1. The van der Waals surface area contributed by atoms with Crippen molar-refractivity contribution in [1.29, 1.82) is 0 Å². The molecule has 0 aliphatic carbocycles. The quantitative estimate of drug-likeness (QED) is 0.688. The highest BCUT2D eigenvalue weighted by molar-refractivity contribution is 5.00. The maximum absolute atomic E-state index is 11.1. The summed E-state index contributed by atoms with van der Waals surface area (Å²) < 4.78 is 6.24. The SMILES string of the molecule is COCCn1cc(C)c(=O)[nH]c1=O. The molecule has 0 aliphatic rings. The summed E-state index contributed by atoms with van der Waals surface area (Å²) in [5, 5.41) is 0. The summed E-state index contributed by atoms with van der Waals surface area (Å²) in [6, 6.07) is 0. The van der Waals surface area contributed by atoms with Gasteiger partial charge in [0.05, 0.1) is 13.2 Å². The van der Waals surface area contributed by atoms with E-state index < -0.39 is 5.69 Å². The Labute approximate surface area is 75.0 Å². The number of nitrogens with zero attached hydrogens (tertiary/aromatic N) is 1. The van der Waals surface area contributed by atoms with E-state index in [0.29, 0.717) is 18.7 Å². The maximum atomic E-state index is 11.1. The van der Waals surface area contributed by atoms with E-state index in [-0.39, 0.29) is 5.56 Å². The number of methoxy groups -OCH3 is 1. The molecule has 0 aliphatic heterocycles. The first-order chi connectivity index (χ1) is 6.15. The third-order valence-corrected chi connectivity index (χ3v) is 1.73. The third kappa shape index (κ3) is 2.29. The van der Waals surface area contributed by atoms with Crippen molar-refractivity contribution in [1.82, 2.24) is 9.55 Å². The van der Waals surface area contributed by atoms with Crippen molar-refractivity contribution >= 4 is 0 Å². The van der Waals surface area contributed by atoms with Crippen LogP contribution in [0, 0.1) is 6.92 Å². The Morgan fingerprint density at radius 2 is 2.23 bits per heavy atom. The Morgan fingerprint density at radius 1 is 1.54 bits per heavy atom. The molecule has 1 rings (SSSR count). The lowest BCUT2D eigenvalue weighted by molar-refractivity contribution is 0.185. The number of nitrogens with one attached hydrogen (secondary N) is 1. The van der Waals surface area contributed by atoms with Crippen LogP contribution in [0.5, 0.6) is 0 Å². The van der Waals surface area contributed by atoms with Crippen molar-refractivity contribution in [2.24, 2.45) is 0 Å². The fourth-order valence-electron chi connectivity index (χ4n) is 0.974. The number of ether oxygens (including phenoxy) is 1. The number of aryl methyl sites for hydroxylation is 1. The predicted molar refractivity (Wildman–Crippen MR) is 47.9 cm³/mol. The smallest absolute Gasteiger partial charge is 0.328 e. The van der Waals surface area contributed by atoms with Gasteiger partial charge in [-0.05, 0) is 6.92 Å². The highest BCUT2D eigenvalue weighted by atomic mass is 16.5. The molecular weight excluding hydrogens is 172 g/mol. The Balaban J connectivity index is 3.02. The summed E-state index contributed by atoms with van der Waals surface area (Å²) in [6.07, 6.45) is 1.53. The van der Waals surface area contributed by atoms with Gasteiger partial charge < -0.3 is 4.74 Å². The van der Waals surface area contributed by atoms with Gasteiger partial charge in [0.2, 0.25) is 0 Å². The molecule has 0 aromatic carbocycles. The first-order valence-electron chi connectivity index (χ1n) is 3.94. The summed E-state index contributed by atoms with van der Waals surface area (Å²) in [6.45, 7) is 2.56. The van der Waals surface area contributed by atoms with E-state index in [1.165, 1.54) is 10.8 Å². The normalized spacial score (nSPS) is 10.3. The van der Waals surface area contributed by atoms with E-state index in [2.05, 4.69) is 4.98 Å². The van der Waals surface area contributed by atoms with Crippen LogP contribution in [0.25, 0.3) is 0 Å². The van der Waals surface area contributed by atoms with Crippen molar-refractivity contribution < 1.29 is 4.74 Å². The monoisotopic (exact) mass is 184 g/mol. The Bertz CT molecular complexity index is 391. The molecule has 1 aromatic heterocycles. The summed E-state index contributed by atoms with van der Waals surface area (Å²) in [5.41, 5.74) is -0.206. The van der Waals surface area contributed by atoms with Crippen molar-refractivity contribution in [3.63, 3.8) is 0 Å². The Morgan fingerprint density at radius 3 is 2.85 bits per heavy atom. The van der Waals surface area contributed by atoms with Gasteiger partial charge in [0.25, 0.3) is 5.56 Å². The van der Waals surface area contributed by atoms with Gasteiger partial charge in [-0.25, -0.2) is 4.79 Å². The lowest BCUT2D eigenvalue weighted by atomic mass is 10.4. The van der Waals surface area contributed by atoms with Crippen molar-refractivity contribution in [2.75, 3.05) is 13.7 Å². The van der Waals surface area contributed by atoms with Crippen LogP contribution < -0.4 is 11.2 Å². The van der Waals surface area contributed by atoms with Crippen LogP contribution in [0.2, 0.25) is 0 Å². The van der Waals surface area contributed by atoms with Crippen molar-refractivity contribution in [3.05, 3.63) is 32.6 Å². The third-order valence-electron chi connectivity index (χ3n) is 1.73. The van der Waals surface area contributed by atoms with Crippen LogP contribution in [0.3, 0.4) is 0 Å². The Kier molecular flexibility index (Phi) is 3.02. The van der Waals surface area contributed by atoms with Crippen LogP contribution in [0.4, 0.5) is 0 Å². The first-order valence-corrected chi connectivity index (χ1v) is 3.94. The molecule has 1 N–H and O–H groups in total. The van der Waals surface area contributed by atoms with Crippen LogP contribution in [-0.4, -0.2) is 23.3 Å². The fraction of sp³-hybridized carbons (Fsp3) is 0.500. The highest BCUT2D eigenvalue weighted by Crippen LogP contribution is 1.84. The zero-order valence-corrected chi connectivity index (χ0v) is 7.66. The summed E-state index contributed by atoms with van der Waals surface area (Å²) in [4.78, 5) is 24.3. The number of H-pyrrole nitrogens is 1. The maximum Gasteiger partial charge on any atom is 0.328 e. The van der Waals surface area contributed by atoms with E-state index in [1.807, 2.05) is 0 Å². The minimum absolute atomic E-state index is 0.335. The predicted octanol–water partition coefficient (Wildman–Crippen LogP) is -0.509. The molecule has 0 unspecified atom stereocenters. The van der Waals surface area contributed by atoms with Gasteiger partial charge >= 0.3 is 5.69 Å². The van der Waals surface area contributed by atoms with E-state index in [1.54, 1.807) is 14.0 Å². The molecule has 0 bridgehead atoms. The van der Waals surface area contributed by atoms with Gasteiger partial charge in [-0.3, -0.25) is 14.3 Å². The van der Waals surface area contributed by atoms with Crippen LogP contribution in [-0.2, 0) is 11.3 Å². The second-order valence-corrected chi connectivity index (χ2v) is 2.76. The van der Waals surface area contributed by atoms with Crippen LogP contribution in [0.1, 0.15) is 5.56 Å². The topological polar surface area (TPSA) is 64.1 Å². The number of aromatic nitrogens is 2. The molecule has 0 fully saturated rings. The molecular formula is C8H12N2O3. The molecule has 5 heteroatoms. The number of hydrogen-bond acceptors (Lipinski definition) is 3. The number of aromatic amines is 1. The molecule has 0 atom stereocenters. The molecule has 0 spiro atoms. The average molecular weight is 184 g/mol. The second kappa shape index (κ2) is 4.04. The van der Waals surface area contributed by atoms with Gasteiger partial charge in [0.15, 0.2) is 0 Å². The van der Waals surface area contributed by atoms with Gasteiger partial charge in [-0.2, -0.15) is 0 Å². The largest absolute Gasteiger partial charge is 0.383 e. The minimum Gasteiger partial charge on any atom is -0.383 e. The van der Waals surface area contributed by atoms with E-state index in [0.717, 1.165) is 0 Å². The van der Waals surface area contributed by atoms with Crippen molar-refractivity contribution in [2.45, 2.75) is 13.5 Å². The van der Waals surface area contributed by atoms with Gasteiger partial charge in [-0.1, -0.05) is 0 Å². The zero-order valence-electron chi connectivity index (χ0n) is 7.66. The molecule has 72 valence electrons. The molecule has 1 aromatic rings. The first kappa shape index (κ1) is 9.73. The minimum atomic E-state index is -0.396. The van der Waals surface area contributed by atoms with E-state index in [9.17, 15) is 9.59 Å². The molecule has 0 saturated heterocycles. The molecule has 13 heavy (non-hydrogen) atoms. The van der Waals surface area contributed by atoms with E-state index >= 15 is 0 Å². The molecule has 0 saturated carbocycles. The lowest BCUT2D eigenvalue weighted by Crippen LogP contribution is -2.31.